The molecule has 3 aromatic rings. The van der Waals surface area contributed by atoms with Gasteiger partial charge >= 0.3 is 5.97 Å². The molecular formula is C28H30N2O3. The van der Waals surface area contributed by atoms with E-state index in [0.717, 1.165) is 27.5 Å². The van der Waals surface area contributed by atoms with Crippen molar-refractivity contribution in [3.05, 3.63) is 83.4 Å². The minimum Gasteiger partial charge on any atom is -0.465 e. The fourth-order valence-electron chi connectivity index (χ4n) is 4.37. The minimum absolute atomic E-state index is 0.285. The first kappa shape index (κ1) is 22.7. The molecule has 0 unspecified atom stereocenters. The summed E-state index contributed by atoms with van der Waals surface area (Å²) in [4.78, 5) is 25.1. The van der Waals surface area contributed by atoms with E-state index in [1.54, 1.807) is 12.1 Å². The lowest BCUT2D eigenvalue weighted by Gasteiger charge is -2.14. The fraction of sp³-hybridized carbons (Fsp3) is 0.286. The summed E-state index contributed by atoms with van der Waals surface area (Å²) in [6, 6.07) is 20.3. The van der Waals surface area contributed by atoms with Gasteiger partial charge in [-0.05, 0) is 65.4 Å². The van der Waals surface area contributed by atoms with Crippen LogP contribution in [0.3, 0.4) is 0 Å². The molecule has 0 atom stereocenters. The standard InChI is InChI=1S/C28H30N2O3/c1-19(22-13-12-21-7-3-4-8-23(21)17-22)15-27(31)30-26-16-20(11-14-25(26)28(32)33-2)18-29-24-9-5-6-10-24/h3-4,7-8,11-17,24,29H,5-6,9-10,18H2,1-2H3,(H,30,31)/b19-15-. The Bertz CT molecular complexity index is 1190. The number of hydrogen-bond donors (Lipinski definition) is 2. The highest BCUT2D eigenvalue weighted by atomic mass is 16.5. The Kier molecular flexibility index (Phi) is 7.20. The first-order chi connectivity index (χ1) is 16.0. The molecule has 1 aliphatic rings. The van der Waals surface area contributed by atoms with Crippen molar-refractivity contribution >= 4 is 33.9 Å². The van der Waals surface area contributed by atoms with Gasteiger partial charge in [-0.25, -0.2) is 4.79 Å². The SMILES string of the molecule is COC(=O)c1ccc(CNC2CCCC2)cc1NC(=O)/C=C(/C)c1ccc2ccccc2c1. The van der Waals surface area contributed by atoms with Crippen molar-refractivity contribution in [2.75, 3.05) is 12.4 Å². The summed E-state index contributed by atoms with van der Waals surface area (Å²) in [7, 11) is 1.34. The highest BCUT2D eigenvalue weighted by molar-refractivity contribution is 6.07. The molecule has 0 aliphatic heterocycles. The Balaban J connectivity index is 1.52. The molecule has 0 radical (unpaired) electrons. The van der Waals surface area contributed by atoms with E-state index in [9.17, 15) is 9.59 Å². The maximum Gasteiger partial charge on any atom is 0.339 e. The first-order valence-corrected chi connectivity index (χ1v) is 11.5. The highest BCUT2D eigenvalue weighted by Gasteiger charge is 2.17. The molecule has 1 fully saturated rings. The Morgan fingerprint density at radius 2 is 1.76 bits per heavy atom. The molecule has 0 bridgehead atoms. The number of hydrogen-bond acceptors (Lipinski definition) is 4. The minimum atomic E-state index is -0.476. The maximum absolute atomic E-state index is 12.8. The zero-order valence-electron chi connectivity index (χ0n) is 19.2. The number of rotatable bonds is 7. The van der Waals surface area contributed by atoms with Crippen LogP contribution in [0.15, 0.2) is 66.7 Å². The fourth-order valence-corrected chi connectivity index (χ4v) is 4.37. The van der Waals surface area contributed by atoms with E-state index in [4.69, 9.17) is 4.74 Å². The average molecular weight is 443 g/mol. The molecular weight excluding hydrogens is 412 g/mol. The molecule has 170 valence electrons. The number of nitrogens with one attached hydrogen (secondary N) is 2. The molecule has 1 amide bonds. The monoisotopic (exact) mass is 442 g/mol. The predicted molar refractivity (Wildman–Crippen MR) is 133 cm³/mol. The van der Waals surface area contributed by atoms with Crippen molar-refractivity contribution in [1.29, 1.82) is 0 Å². The number of carbonyl (C=O) groups is 2. The van der Waals surface area contributed by atoms with Gasteiger partial charge in [-0.3, -0.25) is 4.79 Å². The number of esters is 1. The van der Waals surface area contributed by atoms with Crippen LogP contribution < -0.4 is 10.6 Å². The molecule has 1 saturated carbocycles. The van der Waals surface area contributed by atoms with Gasteiger partial charge in [0.15, 0.2) is 0 Å². The van der Waals surface area contributed by atoms with Crippen LogP contribution in [0.25, 0.3) is 16.3 Å². The van der Waals surface area contributed by atoms with Crippen LogP contribution in [-0.4, -0.2) is 25.0 Å². The second kappa shape index (κ2) is 10.5. The molecule has 5 heteroatoms. The van der Waals surface area contributed by atoms with Crippen molar-refractivity contribution in [2.45, 2.75) is 45.2 Å². The number of allylic oxidation sites excluding steroid dienone is 1. The van der Waals surface area contributed by atoms with E-state index in [-0.39, 0.29) is 5.91 Å². The van der Waals surface area contributed by atoms with Crippen LogP contribution in [0.4, 0.5) is 5.69 Å². The largest absolute Gasteiger partial charge is 0.465 e. The van der Waals surface area contributed by atoms with Gasteiger partial charge in [0.2, 0.25) is 5.91 Å². The van der Waals surface area contributed by atoms with Gasteiger partial charge in [-0.2, -0.15) is 0 Å². The van der Waals surface area contributed by atoms with Crippen LogP contribution >= 0.6 is 0 Å². The van der Waals surface area contributed by atoms with Gasteiger partial charge in [0, 0.05) is 18.7 Å². The van der Waals surface area contributed by atoms with Crippen LogP contribution in [0.2, 0.25) is 0 Å². The Labute approximate surface area is 194 Å². The summed E-state index contributed by atoms with van der Waals surface area (Å²) in [5.41, 5.74) is 3.64. The van der Waals surface area contributed by atoms with E-state index in [2.05, 4.69) is 34.9 Å². The number of carbonyl (C=O) groups excluding carboxylic acids is 2. The van der Waals surface area contributed by atoms with Crippen LogP contribution in [-0.2, 0) is 16.1 Å². The second-order valence-corrected chi connectivity index (χ2v) is 8.61. The quantitative estimate of drug-likeness (QED) is 0.364. The molecule has 2 N–H and O–H groups in total. The lowest BCUT2D eigenvalue weighted by Crippen LogP contribution is -2.25. The summed E-state index contributed by atoms with van der Waals surface area (Å²) in [6.07, 6.45) is 6.49. The van der Waals surface area contributed by atoms with E-state index in [1.165, 1.54) is 32.8 Å². The third kappa shape index (κ3) is 5.68. The van der Waals surface area contributed by atoms with Crippen molar-refractivity contribution in [3.63, 3.8) is 0 Å². The topological polar surface area (TPSA) is 67.4 Å². The molecule has 0 saturated heterocycles. The average Bonchev–Trinajstić information content (AvgIpc) is 3.35. The lowest BCUT2D eigenvalue weighted by molar-refractivity contribution is -0.111. The van der Waals surface area contributed by atoms with Crippen molar-refractivity contribution < 1.29 is 14.3 Å². The Hall–Kier alpha value is -3.44. The van der Waals surface area contributed by atoms with Gasteiger partial charge in [-0.1, -0.05) is 55.3 Å². The van der Waals surface area contributed by atoms with E-state index >= 15 is 0 Å². The summed E-state index contributed by atoms with van der Waals surface area (Å²) in [5, 5.41) is 8.74. The molecule has 1 aliphatic carbocycles. The molecule has 3 aromatic carbocycles. The van der Waals surface area contributed by atoms with E-state index in [1.807, 2.05) is 37.3 Å². The number of ether oxygens (including phenoxy) is 1. The van der Waals surface area contributed by atoms with Gasteiger partial charge in [0.05, 0.1) is 18.4 Å². The van der Waals surface area contributed by atoms with Crippen LogP contribution in [0, 0.1) is 0 Å². The normalized spacial score (nSPS) is 14.4. The molecule has 5 nitrogen and oxygen atoms in total. The summed E-state index contributed by atoms with van der Waals surface area (Å²) in [6.45, 7) is 2.60. The van der Waals surface area contributed by atoms with E-state index < -0.39 is 5.97 Å². The number of methoxy groups -OCH3 is 1. The van der Waals surface area contributed by atoms with Gasteiger partial charge in [0.1, 0.15) is 0 Å². The maximum atomic E-state index is 12.8. The molecule has 33 heavy (non-hydrogen) atoms. The molecule has 0 heterocycles. The summed E-state index contributed by atoms with van der Waals surface area (Å²) in [5.74, 6) is -0.762. The number of benzene rings is 3. The number of fused-ring (bicyclic) bond motifs is 1. The van der Waals surface area contributed by atoms with Crippen LogP contribution in [0.1, 0.15) is 54.1 Å². The zero-order chi connectivity index (χ0) is 23.2. The first-order valence-electron chi connectivity index (χ1n) is 11.5. The second-order valence-electron chi connectivity index (χ2n) is 8.61. The smallest absolute Gasteiger partial charge is 0.339 e. The Morgan fingerprint density at radius 3 is 2.52 bits per heavy atom. The van der Waals surface area contributed by atoms with Crippen molar-refractivity contribution in [2.24, 2.45) is 0 Å². The summed E-state index contributed by atoms with van der Waals surface area (Å²) < 4.78 is 4.91. The predicted octanol–water partition coefficient (Wildman–Crippen LogP) is 5.70. The third-order valence-electron chi connectivity index (χ3n) is 6.25. The Morgan fingerprint density at radius 1 is 1.00 bits per heavy atom. The van der Waals surface area contributed by atoms with Gasteiger partial charge < -0.3 is 15.4 Å². The van der Waals surface area contributed by atoms with E-state index in [0.29, 0.717) is 23.8 Å². The van der Waals surface area contributed by atoms with Gasteiger partial charge in [0.25, 0.3) is 0 Å². The lowest BCUT2D eigenvalue weighted by atomic mass is 10.0. The van der Waals surface area contributed by atoms with Crippen molar-refractivity contribution in [1.82, 2.24) is 5.32 Å². The van der Waals surface area contributed by atoms with Crippen molar-refractivity contribution in [3.8, 4) is 0 Å². The molecule has 0 aromatic heterocycles. The summed E-state index contributed by atoms with van der Waals surface area (Å²) >= 11 is 0. The third-order valence-corrected chi connectivity index (χ3v) is 6.25. The number of anilines is 1. The number of amides is 1. The molecule has 0 spiro atoms. The van der Waals surface area contributed by atoms with Crippen LogP contribution in [0.5, 0.6) is 0 Å². The molecule has 4 rings (SSSR count). The zero-order valence-corrected chi connectivity index (χ0v) is 19.2. The highest BCUT2D eigenvalue weighted by Crippen LogP contribution is 2.23. The van der Waals surface area contributed by atoms with Gasteiger partial charge in [-0.15, -0.1) is 0 Å².